The van der Waals surface area contributed by atoms with Crippen LogP contribution < -0.4 is 0 Å². The molecule has 4 nitrogen and oxygen atoms in total. The standard InChI is InChI=1S/C15H19FN2O2/c1-11(12-3-2-4-13(16)9-12)17-5-7-18(8-6-17)15(19)14-10-20-14/h2-4,9,11,14H,5-8,10H2,1H3. The molecule has 2 atom stereocenters. The number of halogens is 1. The van der Waals surface area contributed by atoms with Crippen LogP contribution in [0.3, 0.4) is 0 Å². The fourth-order valence-corrected chi connectivity index (χ4v) is 2.70. The van der Waals surface area contributed by atoms with Crippen LogP contribution in [0.4, 0.5) is 4.39 Å². The number of epoxide rings is 1. The summed E-state index contributed by atoms with van der Waals surface area (Å²) in [5.41, 5.74) is 0.982. The minimum Gasteiger partial charge on any atom is -0.363 e. The number of piperazine rings is 1. The lowest BCUT2D eigenvalue weighted by atomic mass is 10.1. The van der Waals surface area contributed by atoms with Gasteiger partial charge in [-0.05, 0) is 24.6 Å². The second-order valence-corrected chi connectivity index (χ2v) is 5.41. The highest BCUT2D eigenvalue weighted by atomic mass is 19.1. The van der Waals surface area contributed by atoms with E-state index < -0.39 is 0 Å². The van der Waals surface area contributed by atoms with Crippen LogP contribution in [0.2, 0.25) is 0 Å². The number of carbonyl (C=O) groups is 1. The van der Waals surface area contributed by atoms with Crippen LogP contribution in [0.1, 0.15) is 18.5 Å². The third-order valence-corrected chi connectivity index (χ3v) is 4.11. The van der Waals surface area contributed by atoms with E-state index in [1.807, 2.05) is 11.0 Å². The molecule has 0 aliphatic carbocycles. The smallest absolute Gasteiger partial charge is 0.254 e. The number of hydrogen-bond donors (Lipinski definition) is 0. The predicted molar refractivity (Wildman–Crippen MR) is 72.7 cm³/mol. The fourth-order valence-electron chi connectivity index (χ4n) is 2.70. The number of ether oxygens (including phenoxy) is 1. The number of rotatable bonds is 3. The number of amides is 1. The maximum Gasteiger partial charge on any atom is 0.254 e. The molecule has 0 bridgehead atoms. The molecule has 1 aromatic rings. The average Bonchev–Trinajstić information content (AvgIpc) is 3.30. The van der Waals surface area contributed by atoms with Gasteiger partial charge in [0.2, 0.25) is 0 Å². The Morgan fingerprint density at radius 3 is 2.65 bits per heavy atom. The zero-order valence-electron chi connectivity index (χ0n) is 11.6. The van der Waals surface area contributed by atoms with Crippen molar-refractivity contribution < 1.29 is 13.9 Å². The van der Waals surface area contributed by atoms with Gasteiger partial charge in [-0.3, -0.25) is 9.69 Å². The topological polar surface area (TPSA) is 36.1 Å². The molecule has 2 fully saturated rings. The van der Waals surface area contributed by atoms with Crippen molar-refractivity contribution in [2.75, 3.05) is 32.8 Å². The maximum absolute atomic E-state index is 13.3. The van der Waals surface area contributed by atoms with Crippen LogP contribution in [0.25, 0.3) is 0 Å². The van der Waals surface area contributed by atoms with E-state index in [0.717, 1.165) is 31.7 Å². The summed E-state index contributed by atoms with van der Waals surface area (Å²) >= 11 is 0. The van der Waals surface area contributed by atoms with Crippen LogP contribution in [-0.4, -0.2) is 54.6 Å². The second-order valence-electron chi connectivity index (χ2n) is 5.41. The van der Waals surface area contributed by atoms with Gasteiger partial charge in [-0.15, -0.1) is 0 Å². The molecular formula is C15H19FN2O2. The van der Waals surface area contributed by atoms with Crippen molar-refractivity contribution in [1.82, 2.24) is 9.80 Å². The molecule has 0 N–H and O–H groups in total. The normalized spacial score (nSPS) is 24.5. The van der Waals surface area contributed by atoms with E-state index in [9.17, 15) is 9.18 Å². The SMILES string of the molecule is CC(c1cccc(F)c1)N1CCN(C(=O)C2CO2)CC1. The summed E-state index contributed by atoms with van der Waals surface area (Å²) in [5, 5.41) is 0. The van der Waals surface area contributed by atoms with E-state index in [4.69, 9.17) is 4.74 Å². The summed E-state index contributed by atoms with van der Waals surface area (Å²) in [5.74, 6) is -0.0860. The van der Waals surface area contributed by atoms with Crippen LogP contribution in [0, 0.1) is 5.82 Å². The molecule has 2 unspecified atom stereocenters. The Labute approximate surface area is 118 Å². The molecule has 0 aromatic heterocycles. The van der Waals surface area contributed by atoms with E-state index in [1.165, 1.54) is 6.07 Å². The molecule has 3 rings (SSSR count). The Balaban J connectivity index is 1.58. The molecule has 2 aliphatic heterocycles. The highest BCUT2D eigenvalue weighted by Crippen LogP contribution is 2.23. The van der Waals surface area contributed by atoms with E-state index >= 15 is 0 Å². The first kappa shape index (κ1) is 13.5. The zero-order chi connectivity index (χ0) is 14.1. The van der Waals surface area contributed by atoms with Crippen molar-refractivity contribution in [2.24, 2.45) is 0 Å². The summed E-state index contributed by atoms with van der Waals surface area (Å²) in [6.45, 7) is 5.72. The second kappa shape index (κ2) is 5.50. The maximum atomic E-state index is 13.3. The summed E-state index contributed by atoms with van der Waals surface area (Å²) in [7, 11) is 0. The van der Waals surface area contributed by atoms with Gasteiger partial charge in [-0.2, -0.15) is 0 Å². The van der Waals surface area contributed by atoms with Crippen LogP contribution in [0.15, 0.2) is 24.3 Å². The lowest BCUT2D eigenvalue weighted by Crippen LogP contribution is -2.50. The quantitative estimate of drug-likeness (QED) is 0.785. The number of benzene rings is 1. The molecule has 1 amide bonds. The third kappa shape index (κ3) is 2.83. The third-order valence-electron chi connectivity index (χ3n) is 4.11. The molecular weight excluding hydrogens is 259 g/mol. The van der Waals surface area contributed by atoms with Gasteiger partial charge in [-0.1, -0.05) is 12.1 Å². The van der Waals surface area contributed by atoms with Gasteiger partial charge >= 0.3 is 0 Å². The Hall–Kier alpha value is -1.46. The molecule has 2 aliphatic rings. The Morgan fingerprint density at radius 2 is 2.05 bits per heavy atom. The number of carbonyl (C=O) groups excluding carboxylic acids is 1. The lowest BCUT2D eigenvalue weighted by molar-refractivity contribution is -0.134. The first-order valence-electron chi connectivity index (χ1n) is 7.05. The fraction of sp³-hybridized carbons (Fsp3) is 0.533. The van der Waals surface area contributed by atoms with E-state index in [0.29, 0.717) is 6.61 Å². The molecule has 5 heteroatoms. The van der Waals surface area contributed by atoms with Gasteiger partial charge in [-0.25, -0.2) is 4.39 Å². The number of hydrogen-bond acceptors (Lipinski definition) is 3. The Kier molecular flexibility index (Phi) is 3.72. The average molecular weight is 278 g/mol. The van der Waals surface area contributed by atoms with E-state index in [-0.39, 0.29) is 23.9 Å². The van der Waals surface area contributed by atoms with Crippen LogP contribution in [-0.2, 0) is 9.53 Å². The summed E-state index contributed by atoms with van der Waals surface area (Å²) < 4.78 is 18.3. The first-order valence-corrected chi connectivity index (χ1v) is 7.05. The molecule has 2 saturated heterocycles. The minimum atomic E-state index is -0.200. The van der Waals surface area contributed by atoms with Crippen molar-refractivity contribution in [3.8, 4) is 0 Å². The van der Waals surface area contributed by atoms with Crippen molar-refractivity contribution in [3.63, 3.8) is 0 Å². The van der Waals surface area contributed by atoms with Crippen molar-refractivity contribution in [3.05, 3.63) is 35.6 Å². The Morgan fingerprint density at radius 1 is 1.35 bits per heavy atom. The van der Waals surface area contributed by atoms with Crippen LogP contribution >= 0.6 is 0 Å². The summed E-state index contributed by atoms with van der Waals surface area (Å²) in [4.78, 5) is 16.0. The predicted octanol–water partition coefficient (Wildman–Crippen LogP) is 1.43. The van der Waals surface area contributed by atoms with Gasteiger partial charge in [0.05, 0.1) is 6.61 Å². The largest absolute Gasteiger partial charge is 0.363 e. The zero-order valence-corrected chi connectivity index (χ0v) is 11.6. The lowest BCUT2D eigenvalue weighted by Gasteiger charge is -2.38. The van der Waals surface area contributed by atoms with Gasteiger partial charge < -0.3 is 9.64 Å². The molecule has 1 aromatic carbocycles. The van der Waals surface area contributed by atoms with Crippen molar-refractivity contribution in [1.29, 1.82) is 0 Å². The molecule has 0 saturated carbocycles. The molecule has 108 valence electrons. The van der Waals surface area contributed by atoms with Crippen molar-refractivity contribution in [2.45, 2.75) is 19.1 Å². The van der Waals surface area contributed by atoms with Crippen LogP contribution in [0.5, 0.6) is 0 Å². The summed E-state index contributed by atoms with van der Waals surface area (Å²) in [6.07, 6.45) is -0.192. The molecule has 20 heavy (non-hydrogen) atoms. The van der Waals surface area contributed by atoms with E-state index in [2.05, 4.69) is 11.8 Å². The molecule has 2 heterocycles. The van der Waals surface area contributed by atoms with Gasteiger partial charge in [0.15, 0.2) is 6.10 Å². The number of nitrogens with zero attached hydrogens (tertiary/aromatic N) is 2. The van der Waals surface area contributed by atoms with E-state index in [1.54, 1.807) is 12.1 Å². The van der Waals surface area contributed by atoms with Crippen molar-refractivity contribution >= 4 is 5.91 Å². The highest BCUT2D eigenvalue weighted by molar-refractivity contribution is 5.83. The molecule has 0 spiro atoms. The Bertz CT molecular complexity index is 496. The highest BCUT2D eigenvalue weighted by Gasteiger charge is 2.36. The first-order chi connectivity index (χ1) is 9.65. The van der Waals surface area contributed by atoms with Gasteiger partial charge in [0.25, 0.3) is 5.91 Å². The monoisotopic (exact) mass is 278 g/mol. The summed E-state index contributed by atoms with van der Waals surface area (Å²) in [6, 6.07) is 6.90. The minimum absolute atomic E-state index is 0.114. The van der Waals surface area contributed by atoms with Gasteiger partial charge in [0.1, 0.15) is 5.82 Å². The molecule has 0 radical (unpaired) electrons. The van der Waals surface area contributed by atoms with Gasteiger partial charge in [0, 0.05) is 32.2 Å².